The summed E-state index contributed by atoms with van der Waals surface area (Å²) in [5.74, 6) is -7.26. The lowest BCUT2D eigenvalue weighted by Crippen LogP contribution is -2.32. The zero-order valence-corrected chi connectivity index (χ0v) is 12.5. The summed E-state index contributed by atoms with van der Waals surface area (Å²) in [7, 11) is 0. The average Bonchev–Trinajstić information content (AvgIpc) is 2.55. The molecule has 10 heteroatoms. The lowest BCUT2D eigenvalue weighted by atomic mass is 10.1. The first kappa shape index (κ1) is 17.6. The maximum Gasteiger partial charge on any atom is 0.451 e. The molecule has 0 spiro atoms. The Balaban J connectivity index is 1.83. The summed E-state index contributed by atoms with van der Waals surface area (Å²) in [5.41, 5.74) is -0.226. The smallest absolute Gasteiger partial charge is 0.294 e. The van der Waals surface area contributed by atoms with Gasteiger partial charge in [-0.15, -0.1) is 0 Å². The summed E-state index contributed by atoms with van der Waals surface area (Å²) in [5, 5.41) is 0. The molecule has 1 aliphatic rings. The van der Waals surface area contributed by atoms with E-state index in [1.807, 2.05) is 0 Å². The lowest BCUT2D eigenvalue weighted by Gasteiger charge is -2.28. The van der Waals surface area contributed by atoms with Gasteiger partial charge in [0.1, 0.15) is 0 Å². The van der Waals surface area contributed by atoms with Gasteiger partial charge in [-0.05, 0) is 0 Å². The van der Waals surface area contributed by atoms with Crippen molar-refractivity contribution in [2.24, 2.45) is 0 Å². The van der Waals surface area contributed by atoms with Crippen molar-refractivity contribution in [3.05, 3.63) is 58.2 Å². The zero-order chi connectivity index (χ0) is 18.4. The van der Waals surface area contributed by atoms with Crippen LogP contribution in [0.2, 0.25) is 0 Å². The van der Waals surface area contributed by atoms with Gasteiger partial charge in [-0.1, -0.05) is 0 Å². The third kappa shape index (κ3) is 3.44. The molecule has 0 atom stereocenters. The first-order valence-electron chi connectivity index (χ1n) is 7.13. The van der Waals surface area contributed by atoms with Crippen LogP contribution in [0.4, 0.5) is 30.7 Å². The molecule has 0 aliphatic carbocycles. The SMILES string of the molecule is Fc1cc(F)c(F)c(CN2CCc3nc(C(F)(F)F)ncc3C2)c1F. The Morgan fingerprint density at radius 2 is 1.68 bits per heavy atom. The molecule has 0 amide bonds. The van der Waals surface area contributed by atoms with Crippen LogP contribution in [0.5, 0.6) is 0 Å². The second-order valence-corrected chi connectivity index (χ2v) is 5.57. The van der Waals surface area contributed by atoms with E-state index in [0.717, 1.165) is 6.20 Å². The quantitative estimate of drug-likeness (QED) is 0.602. The van der Waals surface area contributed by atoms with Crippen molar-refractivity contribution < 1.29 is 30.7 Å². The van der Waals surface area contributed by atoms with Crippen LogP contribution in [0.25, 0.3) is 0 Å². The van der Waals surface area contributed by atoms with E-state index < -0.39 is 47.4 Å². The maximum absolute atomic E-state index is 13.7. The monoisotopic (exact) mass is 365 g/mol. The van der Waals surface area contributed by atoms with E-state index in [0.29, 0.717) is 5.56 Å². The van der Waals surface area contributed by atoms with Gasteiger partial charge in [0.25, 0.3) is 0 Å². The van der Waals surface area contributed by atoms with E-state index in [9.17, 15) is 30.7 Å². The standard InChI is InChI=1S/C15H10F7N3/c16-9-3-10(17)13(19)8(12(9)18)6-25-2-1-11-7(5-25)4-23-14(24-11)15(20,21)22/h3-4H,1-2,5-6H2. The van der Waals surface area contributed by atoms with Crippen molar-refractivity contribution in [3.63, 3.8) is 0 Å². The molecule has 3 rings (SSSR count). The van der Waals surface area contributed by atoms with Crippen LogP contribution in [0.1, 0.15) is 22.6 Å². The molecule has 0 saturated heterocycles. The highest BCUT2D eigenvalue weighted by molar-refractivity contribution is 5.25. The van der Waals surface area contributed by atoms with Gasteiger partial charge < -0.3 is 0 Å². The molecule has 25 heavy (non-hydrogen) atoms. The molecule has 134 valence electrons. The van der Waals surface area contributed by atoms with E-state index in [1.54, 1.807) is 0 Å². The number of rotatable bonds is 2. The highest BCUT2D eigenvalue weighted by Crippen LogP contribution is 2.28. The van der Waals surface area contributed by atoms with Crippen molar-refractivity contribution in [3.8, 4) is 0 Å². The fourth-order valence-corrected chi connectivity index (χ4v) is 2.63. The van der Waals surface area contributed by atoms with Gasteiger partial charge in [-0.25, -0.2) is 27.5 Å². The maximum atomic E-state index is 13.7. The van der Waals surface area contributed by atoms with E-state index in [2.05, 4.69) is 9.97 Å². The van der Waals surface area contributed by atoms with Crippen LogP contribution in [0.15, 0.2) is 12.3 Å². The number of nitrogens with zero attached hydrogens (tertiary/aromatic N) is 3. The van der Waals surface area contributed by atoms with Crippen molar-refractivity contribution in [2.75, 3.05) is 6.54 Å². The third-order valence-electron chi connectivity index (χ3n) is 3.85. The Labute approximate surface area is 137 Å². The molecule has 0 N–H and O–H groups in total. The minimum absolute atomic E-state index is 0.00445. The van der Waals surface area contributed by atoms with Crippen molar-refractivity contribution in [2.45, 2.75) is 25.7 Å². The molecule has 3 nitrogen and oxygen atoms in total. The Morgan fingerprint density at radius 1 is 1.04 bits per heavy atom. The summed E-state index contributed by atoms with van der Waals surface area (Å²) in [6, 6.07) is 0.117. The summed E-state index contributed by atoms with van der Waals surface area (Å²) in [6.45, 7) is -0.310. The number of fused-ring (bicyclic) bond motifs is 1. The average molecular weight is 365 g/mol. The molecular weight excluding hydrogens is 355 g/mol. The largest absolute Gasteiger partial charge is 0.451 e. The van der Waals surface area contributed by atoms with Gasteiger partial charge in [-0.3, -0.25) is 4.90 Å². The second-order valence-electron chi connectivity index (χ2n) is 5.57. The Bertz CT molecular complexity index is 793. The summed E-state index contributed by atoms with van der Waals surface area (Å²) in [4.78, 5) is 8.14. The molecule has 1 aliphatic heterocycles. The Hall–Kier alpha value is -2.23. The van der Waals surface area contributed by atoms with E-state index >= 15 is 0 Å². The molecule has 1 aromatic heterocycles. The molecule has 2 aromatic rings. The predicted octanol–water partition coefficient (Wildman–Crippen LogP) is 3.61. The first-order valence-corrected chi connectivity index (χ1v) is 7.13. The third-order valence-corrected chi connectivity index (χ3v) is 3.85. The fraction of sp³-hybridized carbons (Fsp3) is 0.333. The van der Waals surface area contributed by atoms with Gasteiger partial charge >= 0.3 is 6.18 Å². The van der Waals surface area contributed by atoms with Crippen molar-refractivity contribution in [1.82, 2.24) is 14.9 Å². The van der Waals surface area contributed by atoms with Gasteiger partial charge in [0.15, 0.2) is 23.3 Å². The van der Waals surface area contributed by atoms with Crippen LogP contribution < -0.4 is 0 Å². The number of hydrogen-bond acceptors (Lipinski definition) is 3. The molecule has 0 fully saturated rings. The van der Waals surface area contributed by atoms with E-state index in [1.165, 1.54) is 4.90 Å². The van der Waals surface area contributed by atoms with Gasteiger partial charge in [0.2, 0.25) is 5.82 Å². The highest BCUT2D eigenvalue weighted by atomic mass is 19.4. The molecule has 2 heterocycles. The number of alkyl halides is 3. The summed E-state index contributed by atoms with van der Waals surface area (Å²) >= 11 is 0. The second kappa shape index (κ2) is 6.25. The molecular formula is C15H10F7N3. The van der Waals surface area contributed by atoms with Gasteiger partial charge in [0.05, 0.1) is 5.69 Å². The molecule has 0 saturated carbocycles. The highest BCUT2D eigenvalue weighted by Gasteiger charge is 2.35. The van der Waals surface area contributed by atoms with Crippen LogP contribution in [-0.4, -0.2) is 21.4 Å². The topological polar surface area (TPSA) is 29.0 Å². The van der Waals surface area contributed by atoms with E-state index in [-0.39, 0.29) is 31.3 Å². The predicted molar refractivity (Wildman–Crippen MR) is 71.1 cm³/mol. The zero-order valence-electron chi connectivity index (χ0n) is 12.5. The Morgan fingerprint density at radius 3 is 2.28 bits per heavy atom. The first-order chi connectivity index (χ1) is 11.7. The van der Waals surface area contributed by atoms with Crippen LogP contribution in [0, 0.1) is 23.3 Å². The summed E-state index contributed by atoms with van der Waals surface area (Å²) < 4.78 is 91.7. The molecule has 0 bridgehead atoms. The number of hydrogen-bond donors (Lipinski definition) is 0. The molecule has 0 unspecified atom stereocenters. The minimum Gasteiger partial charge on any atom is -0.294 e. The molecule has 1 aromatic carbocycles. The number of halogens is 7. The van der Waals surface area contributed by atoms with Crippen LogP contribution in [0.3, 0.4) is 0 Å². The van der Waals surface area contributed by atoms with Crippen LogP contribution in [-0.2, 0) is 25.7 Å². The number of aromatic nitrogens is 2. The van der Waals surface area contributed by atoms with Crippen molar-refractivity contribution in [1.29, 1.82) is 0 Å². The van der Waals surface area contributed by atoms with Gasteiger partial charge in [-0.2, -0.15) is 13.2 Å². The molecule has 0 radical (unpaired) electrons. The number of benzene rings is 1. The fourth-order valence-electron chi connectivity index (χ4n) is 2.63. The lowest BCUT2D eigenvalue weighted by molar-refractivity contribution is -0.145. The van der Waals surface area contributed by atoms with Crippen molar-refractivity contribution >= 4 is 0 Å². The Kier molecular flexibility index (Phi) is 4.40. The van der Waals surface area contributed by atoms with Gasteiger partial charge in [0, 0.05) is 49.4 Å². The minimum atomic E-state index is -4.67. The normalized spacial score (nSPS) is 15.3. The summed E-state index contributed by atoms with van der Waals surface area (Å²) in [6.07, 6.45) is -3.59. The van der Waals surface area contributed by atoms with E-state index in [4.69, 9.17) is 0 Å². The van der Waals surface area contributed by atoms with Crippen LogP contribution >= 0.6 is 0 Å².